The zero-order chi connectivity index (χ0) is 22.7. The van der Waals surface area contributed by atoms with Crippen molar-refractivity contribution in [1.82, 2.24) is 14.2 Å². The highest BCUT2D eigenvalue weighted by atomic mass is 35.5. The van der Waals surface area contributed by atoms with E-state index in [4.69, 9.17) is 5.73 Å². The predicted molar refractivity (Wildman–Crippen MR) is 132 cm³/mol. The molecule has 4 rings (SSSR count). The second-order valence-electron chi connectivity index (χ2n) is 7.73. The number of amides is 1. The van der Waals surface area contributed by atoms with Crippen LogP contribution in [0.5, 0.6) is 0 Å². The van der Waals surface area contributed by atoms with E-state index in [0.717, 1.165) is 11.1 Å². The van der Waals surface area contributed by atoms with Gasteiger partial charge in [-0.25, -0.2) is 8.42 Å². The minimum absolute atomic E-state index is 0. The molecule has 1 aromatic heterocycles. The highest BCUT2D eigenvalue weighted by molar-refractivity contribution is 7.89. The maximum atomic E-state index is 12.9. The first-order valence-corrected chi connectivity index (χ1v) is 11.7. The topological polar surface area (TPSA) is 109 Å². The molecule has 10 heteroatoms. The van der Waals surface area contributed by atoms with E-state index in [2.05, 4.69) is 15.2 Å². The minimum atomic E-state index is -3.53. The molecule has 1 amide bonds. The summed E-state index contributed by atoms with van der Waals surface area (Å²) in [4.78, 5) is 19.0. The van der Waals surface area contributed by atoms with Gasteiger partial charge < -0.3 is 16.0 Å². The number of hydrogen-bond donors (Lipinski definition) is 2. The number of halogens is 1. The van der Waals surface area contributed by atoms with Gasteiger partial charge in [-0.3, -0.25) is 9.78 Å². The second-order valence-corrected chi connectivity index (χ2v) is 9.67. The Balaban J connectivity index is 0.00000306. The van der Waals surface area contributed by atoms with Gasteiger partial charge in [0, 0.05) is 38.1 Å². The molecule has 2 aromatic carbocycles. The van der Waals surface area contributed by atoms with Crippen LogP contribution in [0.4, 0.5) is 11.4 Å². The number of nitrogen functional groups attached to an aromatic ring is 1. The molecular formula is C23H26ClN5O3S. The van der Waals surface area contributed by atoms with Gasteiger partial charge in [0.15, 0.2) is 0 Å². The second kappa shape index (κ2) is 10.3. The molecular weight excluding hydrogens is 462 g/mol. The van der Waals surface area contributed by atoms with Crippen LogP contribution >= 0.6 is 12.4 Å². The Labute approximate surface area is 199 Å². The van der Waals surface area contributed by atoms with Crippen molar-refractivity contribution in [3.63, 3.8) is 0 Å². The highest BCUT2D eigenvalue weighted by Gasteiger charge is 2.27. The van der Waals surface area contributed by atoms with E-state index in [0.29, 0.717) is 43.1 Å². The highest BCUT2D eigenvalue weighted by Crippen LogP contribution is 2.27. The first kappa shape index (κ1) is 24.7. The van der Waals surface area contributed by atoms with Crippen molar-refractivity contribution in [2.24, 2.45) is 0 Å². The molecule has 0 spiro atoms. The lowest BCUT2D eigenvalue weighted by Crippen LogP contribution is -2.46. The molecule has 1 aliphatic heterocycles. The Bertz CT molecular complexity index is 1210. The SMILES string of the molecule is CN1CCN(S(=O)(=O)c2ccc(-c3ccc(N)c(C(=O)Nc4cccnc4)c3)cc2)CC1.Cl. The lowest BCUT2D eigenvalue weighted by atomic mass is 10.0. The third-order valence-corrected chi connectivity index (χ3v) is 7.42. The Morgan fingerprint density at radius 2 is 1.67 bits per heavy atom. The molecule has 0 atom stereocenters. The average molecular weight is 488 g/mol. The number of hydrogen-bond acceptors (Lipinski definition) is 6. The summed E-state index contributed by atoms with van der Waals surface area (Å²) in [5, 5.41) is 2.78. The van der Waals surface area contributed by atoms with Crippen molar-refractivity contribution in [2.45, 2.75) is 4.90 Å². The maximum absolute atomic E-state index is 12.9. The summed E-state index contributed by atoms with van der Waals surface area (Å²) < 4.78 is 27.4. The summed E-state index contributed by atoms with van der Waals surface area (Å²) in [5.74, 6) is -0.341. The summed E-state index contributed by atoms with van der Waals surface area (Å²) in [6.45, 7) is 2.39. The van der Waals surface area contributed by atoms with E-state index >= 15 is 0 Å². The number of sulfonamides is 1. The Kier molecular flexibility index (Phi) is 7.70. The number of aromatic nitrogens is 1. The standard InChI is InChI=1S/C23H25N5O3S.ClH/c1-27-11-13-28(14-12-27)32(30,31)20-7-4-17(5-8-20)18-6-9-22(24)21(15-18)23(29)26-19-3-2-10-25-16-19;/h2-10,15-16H,11-14,24H2,1H3,(H,26,29);1H. The van der Waals surface area contributed by atoms with Gasteiger partial charge in [-0.1, -0.05) is 18.2 Å². The van der Waals surface area contributed by atoms with Gasteiger partial charge in [-0.05, 0) is 54.6 Å². The van der Waals surface area contributed by atoms with Crippen LogP contribution in [0.2, 0.25) is 0 Å². The number of nitrogens with one attached hydrogen (secondary N) is 1. The molecule has 0 saturated carbocycles. The smallest absolute Gasteiger partial charge is 0.257 e. The van der Waals surface area contributed by atoms with Gasteiger partial charge in [0.2, 0.25) is 10.0 Å². The summed E-state index contributed by atoms with van der Waals surface area (Å²) in [5.41, 5.74) is 8.84. The van der Waals surface area contributed by atoms with Gasteiger partial charge in [0.25, 0.3) is 5.91 Å². The zero-order valence-corrected chi connectivity index (χ0v) is 19.8. The van der Waals surface area contributed by atoms with Crippen LogP contribution in [0.15, 0.2) is 71.9 Å². The van der Waals surface area contributed by atoms with Crippen molar-refractivity contribution in [1.29, 1.82) is 0 Å². The quantitative estimate of drug-likeness (QED) is 0.535. The van der Waals surface area contributed by atoms with Crippen molar-refractivity contribution >= 4 is 39.7 Å². The van der Waals surface area contributed by atoms with Crippen LogP contribution in [0, 0.1) is 0 Å². The van der Waals surface area contributed by atoms with Crippen LogP contribution < -0.4 is 11.1 Å². The Hall–Kier alpha value is -2.98. The summed E-state index contributed by atoms with van der Waals surface area (Å²) in [6, 6.07) is 15.4. The zero-order valence-electron chi connectivity index (χ0n) is 18.1. The van der Waals surface area contributed by atoms with E-state index in [1.807, 2.05) is 7.05 Å². The average Bonchev–Trinajstić information content (AvgIpc) is 2.80. The lowest BCUT2D eigenvalue weighted by Gasteiger charge is -2.31. The van der Waals surface area contributed by atoms with Gasteiger partial charge in [0.05, 0.1) is 22.3 Å². The largest absolute Gasteiger partial charge is 0.398 e. The first-order valence-electron chi connectivity index (χ1n) is 10.2. The fraction of sp³-hybridized carbons (Fsp3) is 0.217. The summed E-state index contributed by atoms with van der Waals surface area (Å²) >= 11 is 0. The molecule has 33 heavy (non-hydrogen) atoms. The number of nitrogens with two attached hydrogens (primary N) is 1. The lowest BCUT2D eigenvalue weighted by molar-refractivity contribution is 0.102. The van der Waals surface area contributed by atoms with Crippen LogP contribution in [-0.4, -0.2) is 61.7 Å². The van der Waals surface area contributed by atoms with Gasteiger partial charge >= 0.3 is 0 Å². The van der Waals surface area contributed by atoms with Crippen LogP contribution in [0.3, 0.4) is 0 Å². The maximum Gasteiger partial charge on any atom is 0.257 e. The Morgan fingerprint density at radius 1 is 1.00 bits per heavy atom. The third-order valence-electron chi connectivity index (χ3n) is 5.50. The van der Waals surface area contributed by atoms with E-state index in [1.165, 1.54) is 4.31 Å². The van der Waals surface area contributed by atoms with E-state index in [9.17, 15) is 13.2 Å². The normalized spacial score (nSPS) is 14.9. The van der Waals surface area contributed by atoms with Gasteiger partial charge in [-0.2, -0.15) is 4.31 Å². The minimum Gasteiger partial charge on any atom is -0.398 e. The summed E-state index contributed by atoms with van der Waals surface area (Å²) in [6.07, 6.45) is 3.18. The van der Waals surface area contributed by atoms with Crippen molar-refractivity contribution < 1.29 is 13.2 Å². The van der Waals surface area contributed by atoms with Crippen LogP contribution in [-0.2, 0) is 10.0 Å². The van der Waals surface area contributed by atoms with Gasteiger partial charge in [-0.15, -0.1) is 12.4 Å². The van der Waals surface area contributed by atoms with E-state index in [-0.39, 0.29) is 23.2 Å². The van der Waals surface area contributed by atoms with E-state index in [1.54, 1.807) is 67.0 Å². The molecule has 1 saturated heterocycles. The number of pyridine rings is 1. The van der Waals surface area contributed by atoms with Gasteiger partial charge in [0.1, 0.15) is 0 Å². The van der Waals surface area contributed by atoms with Crippen molar-refractivity contribution in [2.75, 3.05) is 44.3 Å². The number of carbonyl (C=O) groups excluding carboxylic acids is 1. The molecule has 0 unspecified atom stereocenters. The first-order chi connectivity index (χ1) is 15.3. The number of likely N-dealkylation sites (N-methyl/N-ethyl adjacent to an activating group) is 1. The molecule has 3 aromatic rings. The number of nitrogens with zero attached hydrogens (tertiary/aromatic N) is 3. The molecule has 174 valence electrons. The fourth-order valence-corrected chi connectivity index (χ4v) is 4.99. The molecule has 0 bridgehead atoms. The molecule has 1 fully saturated rings. The monoisotopic (exact) mass is 487 g/mol. The van der Waals surface area contributed by atoms with Crippen molar-refractivity contribution in [3.8, 4) is 11.1 Å². The number of rotatable bonds is 5. The predicted octanol–water partition coefficient (Wildman–Crippen LogP) is 2.94. The molecule has 3 N–H and O–H groups in total. The van der Waals surface area contributed by atoms with E-state index < -0.39 is 10.0 Å². The number of anilines is 2. The van der Waals surface area contributed by atoms with Crippen LogP contribution in [0.25, 0.3) is 11.1 Å². The number of piperazine rings is 1. The van der Waals surface area contributed by atoms with Crippen molar-refractivity contribution in [3.05, 3.63) is 72.6 Å². The molecule has 8 nitrogen and oxygen atoms in total. The third kappa shape index (κ3) is 5.51. The molecule has 0 radical (unpaired) electrons. The number of carbonyl (C=O) groups is 1. The molecule has 0 aliphatic carbocycles. The molecule has 2 heterocycles. The summed E-state index contributed by atoms with van der Waals surface area (Å²) in [7, 11) is -1.55. The fourth-order valence-electron chi connectivity index (χ4n) is 3.56. The molecule has 1 aliphatic rings. The van der Waals surface area contributed by atoms with Crippen LogP contribution in [0.1, 0.15) is 10.4 Å². The number of benzene rings is 2. The Morgan fingerprint density at radius 3 is 2.30 bits per heavy atom.